The molecule has 5 atom stereocenters. The highest BCUT2D eigenvalue weighted by Crippen LogP contribution is 2.43. The van der Waals surface area contributed by atoms with Crippen molar-refractivity contribution in [3.05, 3.63) is 35.2 Å². The molecule has 4 bridgehead atoms. The molecule has 2 aromatic rings. The number of fused-ring (bicyclic) bond motifs is 1. The molecule has 4 heteroatoms. The van der Waals surface area contributed by atoms with Crippen LogP contribution < -0.4 is 5.32 Å². The third-order valence-corrected chi connectivity index (χ3v) is 6.70. The van der Waals surface area contributed by atoms with E-state index in [4.69, 9.17) is 0 Å². The van der Waals surface area contributed by atoms with Crippen molar-refractivity contribution < 1.29 is 4.79 Å². The van der Waals surface area contributed by atoms with E-state index >= 15 is 0 Å². The Hall–Kier alpha value is -1.39. The van der Waals surface area contributed by atoms with Gasteiger partial charge in [-0.25, -0.2) is 0 Å². The topological polar surface area (TPSA) is 32.3 Å². The Morgan fingerprint density at radius 1 is 1.14 bits per heavy atom. The average Bonchev–Trinajstić information content (AvgIpc) is 2.97. The maximum absolute atomic E-state index is 12.7. The Labute approximate surface area is 134 Å². The fraction of sp³-hybridized carbons (Fsp3) is 0.500. The van der Waals surface area contributed by atoms with Crippen molar-refractivity contribution in [1.82, 2.24) is 10.2 Å². The summed E-state index contributed by atoms with van der Waals surface area (Å²) in [6.45, 7) is 3.66. The lowest BCUT2D eigenvalue weighted by Crippen LogP contribution is -2.64. The zero-order chi connectivity index (χ0) is 14.7. The highest BCUT2D eigenvalue weighted by atomic mass is 32.1. The van der Waals surface area contributed by atoms with Crippen LogP contribution in [0.25, 0.3) is 10.1 Å². The van der Waals surface area contributed by atoms with E-state index in [1.807, 2.05) is 12.1 Å². The van der Waals surface area contributed by atoms with Crippen molar-refractivity contribution in [3.8, 4) is 0 Å². The van der Waals surface area contributed by atoms with Gasteiger partial charge in [0.25, 0.3) is 5.91 Å². The first-order valence-corrected chi connectivity index (χ1v) is 9.15. The van der Waals surface area contributed by atoms with Crippen LogP contribution in [0.3, 0.4) is 0 Å². The van der Waals surface area contributed by atoms with E-state index in [0.29, 0.717) is 17.9 Å². The van der Waals surface area contributed by atoms with Gasteiger partial charge >= 0.3 is 0 Å². The minimum Gasteiger partial charge on any atom is -0.349 e. The molecule has 4 aliphatic rings. The van der Waals surface area contributed by atoms with E-state index in [2.05, 4.69) is 27.7 Å². The van der Waals surface area contributed by atoms with E-state index in [9.17, 15) is 4.79 Å². The fourth-order valence-corrected chi connectivity index (χ4v) is 5.76. The molecule has 3 aliphatic heterocycles. The van der Waals surface area contributed by atoms with Gasteiger partial charge in [0, 0.05) is 35.9 Å². The van der Waals surface area contributed by atoms with Crippen LogP contribution in [0.4, 0.5) is 0 Å². The number of hydrogen-bond acceptors (Lipinski definition) is 3. The van der Waals surface area contributed by atoms with E-state index in [1.165, 1.54) is 42.6 Å². The molecule has 3 nitrogen and oxygen atoms in total. The summed E-state index contributed by atoms with van der Waals surface area (Å²) < 4.78 is 1.25. The van der Waals surface area contributed by atoms with Gasteiger partial charge in [0.2, 0.25) is 0 Å². The van der Waals surface area contributed by atoms with E-state index in [-0.39, 0.29) is 5.91 Å². The second kappa shape index (κ2) is 4.80. The second-order valence-corrected chi connectivity index (χ2v) is 8.20. The summed E-state index contributed by atoms with van der Waals surface area (Å²) in [6.07, 6.45) is 2.61. The predicted octanol–water partition coefficient (Wildman–Crippen LogP) is 2.97. The number of piperidine rings is 3. The average molecular weight is 312 g/mol. The Bertz CT molecular complexity index is 710. The van der Waals surface area contributed by atoms with E-state index in [0.717, 1.165) is 11.5 Å². The normalized spacial score (nSPS) is 35.9. The molecule has 22 heavy (non-hydrogen) atoms. The Balaban J connectivity index is 1.38. The van der Waals surface area contributed by atoms with Crippen LogP contribution in [0.1, 0.15) is 23.2 Å². The fourth-order valence-electron chi connectivity index (χ4n) is 4.99. The lowest BCUT2D eigenvalue weighted by atomic mass is 9.65. The number of nitrogens with zero attached hydrogens (tertiary/aromatic N) is 1. The third kappa shape index (κ3) is 2.01. The summed E-state index contributed by atoms with van der Waals surface area (Å²) in [6, 6.07) is 8.54. The molecule has 3 unspecified atom stereocenters. The Morgan fingerprint density at radius 2 is 1.95 bits per heavy atom. The summed E-state index contributed by atoms with van der Waals surface area (Å²) in [5.41, 5.74) is 0.806. The SMILES string of the molecule is O=C(NC1[C@@H]2CC3C[C@H]1CN(C3)C2)c1ccc2sccc2c1. The highest BCUT2D eigenvalue weighted by molar-refractivity contribution is 7.17. The van der Waals surface area contributed by atoms with Crippen LogP contribution in [-0.2, 0) is 0 Å². The molecule has 1 aliphatic carbocycles. The van der Waals surface area contributed by atoms with Gasteiger partial charge < -0.3 is 10.2 Å². The molecule has 1 N–H and O–H groups in total. The molecular formula is C18H20N2OS. The zero-order valence-corrected chi connectivity index (χ0v) is 13.3. The molecule has 0 radical (unpaired) electrons. The van der Waals surface area contributed by atoms with Gasteiger partial charge in [0.1, 0.15) is 0 Å². The van der Waals surface area contributed by atoms with Crippen LogP contribution in [-0.4, -0.2) is 36.5 Å². The van der Waals surface area contributed by atoms with Gasteiger partial charge in [-0.05, 0) is 65.6 Å². The van der Waals surface area contributed by atoms with Gasteiger partial charge in [-0.15, -0.1) is 11.3 Å². The molecule has 6 rings (SSSR count). The Morgan fingerprint density at radius 3 is 2.73 bits per heavy atom. The number of rotatable bonds is 2. The number of nitrogens with one attached hydrogen (secondary N) is 1. The van der Waals surface area contributed by atoms with Crippen molar-refractivity contribution in [3.63, 3.8) is 0 Å². The van der Waals surface area contributed by atoms with E-state index < -0.39 is 0 Å². The Kier molecular flexibility index (Phi) is 2.86. The number of carbonyl (C=O) groups excluding carboxylic acids is 1. The smallest absolute Gasteiger partial charge is 0.251 e. The van der Waals surface area contributed by atoms with Crippen LogP contribution in [0, 0.1) is 17.8 Å². The minimum absolute atomic E-state index is 0.112. The number of amides is 1. The molecule has 1 saturated carbocycles. The van der Waals surface area contributed by atoms with Gasteiger partial charge in [-0.3, -0.25) is 4.79 Å². The second-order valence-electron chi connectivity index (χ2n) is 7.25. The summed E-state index contributed by atoms with van der Waals surface area (Å²) in [7, 11) is 0. The lowest BCUT2D eigenvalue weighted by Gasteiger charge is -2.55. The molecule has 114 valence electrons. The number of hydrogen-bond donors (Lipinski definition) is 1. The number of thiophene rings is 1. The summed E-state index contributed by atoms with van der Waals surface area (Å²) in [5, 5.41) is 6.63. The maximum atomic E-state index is 12.7. The quantitative estimate of drug-likeness (QED) is 0.924. The van der Waals surface area contributed by atoms with Crippen molar-refractivity contribution in [2.45, 2.75) is 18.9 Å². The molecule has 3 saturated heterocycles. The number of carbonyl (C=O) groups is 1. The monoisotopic (exact) mass is 312 g/mol. The van der Waals surface area contributed by atoms with Gasteiger partial charge in [-0.2, -0.15) is 0 Å². The van der Waals surface area contributed by atoms with E-state index in [1.54, 1.807) is 11.3 Å². The third-order valence-electron chi connectivity index (χ3n) is 5.80. The van der Waals surface area contributed by atoms with Gasteiger partial charge in [-0.1, -0.05) is 0 Å². The maximum Gasteiger partial charge on any atom is 0.251 e. The van der Waals surface area contributed by atoms with Crippen LogP contribution >= 0.6 is 11.3 Å². The van der Waals surface area contributed by atoms with Crippen molar-refractivity contribution in [1.29, 1.82) is 0 Å². The summed E-state index contributed by atoms with van der Waals surface area (Å²) in [5.74, 6) is 2.33. The molecule has 1 aromatic carbocycles. The molecule has 4 heterocycles. The molecule has 0 spiro atoms. The highest BCUT2D eigenvalue weighted by Gasteiger charge is 2.47. The van der Waals surface area contributed by atoms with Crippen molar-refractivity contribution >= 4 is 27.3 Å². The zero-order valence-electron chi connectivity index (χ0n) is 12.5. The van der Waals surface area contributed by atoms with Gasteiger partial charge in [0.15, 0.2) is 0 Å². The number of benzene rings is 1. The van der Waals surface area contributed by atoms with Crippen molar-refractivity contribution in [2.75, 3.05) is 19.6 Å². The lowest BCUT2D eigenvalue weighted by molar-refractivity contribution is -0.0418. The summed E-state index contributed by atoms with van der Waals surface area (Å²) in [4.78, 5) is 15.3. The van der Waals surface area contributed by atoms with Crippen molar-refractivity contribution in [2.24, 2.45) is 17.8 Å². The first-order valence-electron chi connectivity index (χ1n) is 8.27. The molecule has 1 aromatic heterocycles. The standard InChI is InChI=1S/C18H20N2OS/c21-18(13-1-2-16-12(7-13)3-4-22-16)19-17-14-5-11-6-15(17)10-20(8-11)9-14/h1-4,7,11,14-15,17H,5-6,8-10H2,(H,19,21)/t11?,14-,15+,17?. The predicted molar refractivity (Wildman–Crippen MR) is 89.2 cm³/mol. The summed E-state index contributed by atoms with van der Waals surface area (Å²) >= 11 is 1.72. The first-order chi connectivity index (χ1) is 10.8. The molecule has 1 amide bonds. The largest absolute Gasteiger partial charge is 0.349 e. The minimum atomic E-state index is 0.112. The first kappa shape index (κ1) is 13.1. The van der Waals surface area contributed by atoms with Crippen LogP contribution in [0.15, 0.2) is 29.6 Å². The van der Waals surface area contributed by atoms with Gasteiger partial charge in [0.05, 0.1) is 0 Å². The molecule has 4 fully saturated rings. The molecular weight excluding hydrogens is 292 g/mol. The van der Waals surface area contributed by atoms with Crippen LogP contribution in [0.5, 0.6) is 0 Å². The van der Waals surface area contributed by atoms with Crippen LogP contribution in [0.2, 0.25) is 0 Å².